The molecule has 0 heterocycles. The molecule has 1 amide bonds. The maximum absolute atomic E-state index is 11.1. The smallest absolute Gasteiger partial charge is 0.221 e. The summed E-state index contributed by atoms with van der Waals surface area (Å²) < 4.78 is 21.1. The standard InChI is InChI=1S/C8H19N3O3S/c1-7(2)11-8(12)3-4-10-5-6-15(9,13)14/h7,10H,3-6H2,1-2H3,(H,11,12)(H2,9,13,14). The van der Waals surface area contributed by atoms with Crippen LogP contribution in [0.3, 0.4) is 0 Å². The highest BCUT2D eigenvalue weighted by molar-refractivity contribution is 7.89. The van der Waals surface area contributed by atoms with Crippen molar-refractivity contribution >= 4 is 15.9 Å². The van der Waals surface area contributed by atoms with Crippen LogP contribution in [-0.4, -0.2) is 39.2 Å². The second kappa shape index (κ2) is 6.76. The number of carbonyl (C=O) groups excluding carboxylic acids is 1. The molecule has 7 heteroatoms. The maximum Gasteiger partial charge on any atom is 0.221 e. The average Bonchev–Trinajstić information content (AvgIpc) is 1.99. The molecule has 6 nitrogen and oxygen atoms in total. The Hall–Kier alpha value is -0.660. The molecule has 0 saturated carbocycles. The van der Waals surface area contributed by atoms with E-state index in [4.69, 9.17) is 5.14 Å². The van der Waals surface area contributed by atoms with Gasteiger partial charge in [-0.3, -0.25) is 4.79 Å². The molecule has 0 radical (unpaired) electrons. The summed E-state index contributed by atoms with van der Waals surface area (Å²) in [6.45, 7) is 4.49. The van der Waals surface area contributed by atoms with Gasteiger partial charge in [0, 0.05) is 25.6 Å². The Balaban J connectivity index is 3.43. The summed E-state index contributed by atoms with van der Waals surface area (Å²) in [5.41, 5.74) is 0. The molecule has 0 aliphatic rings. The minimum Gasteiger partial charge on any atom is -0.354 e. The van der Waals surface area contributed by atoms with E-state index in [1.807, 2.05) is 13.8 Å². The zero-order valence-corrected chi connectivity index (χ0v) is 9.93. The minimum atomic E-state index is -3.41. The minimum absolute atomic E-state index is 0.0481. The highest BCUT2D eigenvalue weighted by atomic mass is 32.2. The van der Waals surface area contributed by atoms with Crippen LogP contribution in [-0.2, 0) is 14.8 Å². The zero-order valence-electron chi connectivity index (χ0n) is 9.12. The van der Waals surface area contributed by atoms with Gasteiger partial charge in [-0.1, -0.05) is 0 Å². The van der Waals surface area contributed by atoms with Crippen molar-refractivity contribution in [2.75, 3.05) is 18.8 Å². The first kappa shape index (κ1) is 14.3. The Kier molecular flexibility index (Phi) is 6.46. The second-order valence-electron chi connectivity index (χ2n) is 3.59. The Morgan fingerprint density at radius 3 is 2.40 bits per heavy atom. The van der Waals surface area contributed by atoms with E-state index in [9.17, 15) is 13.2 Å². The molecule has 15 heavy (non-hydrogen) atoms. The van der Waals surface area contributed by atoms with Crippen molar-refractivity contribution in [1.82, 2.24) is 10.6 Å². The number of carbonyl (C=O) groups is 1. The van der Waals surface area contributed by atoms with Crippen LogP contribution in [0.4, 0.5) is 0 Å². The first-order valence-corrected chi connectivity index (χ1v) is 6.53. The third-order valence-electron chi connectivity index (χ3n) is 1.54. The number of primary sulfonamides is 1. The summed E-state index contributed by atoms with van der Waals surface area (Å²) in [6, 6.07) is 0.127. The van der Waals surface area contributed by atoms with Crippen molar-refractivity contribution in [1.29, 1.82) is 0 Å². The van der Waals surface area contributed by atoms with E-state index >= 15 is 0 Å². The van der Waals surface area contributed by atoms with E-state index in [0.29, 0.717) is 13.0 Å². The fourth-order valence-corrected chi connectivity index (χ4v) is 1.36. The van der Waals surface area contributed by atoms with Crippen LogP contribution in [0.2, 0.25) is 0 Å². The number of nitrogens with one attached hydrogen (secondary N) is 2. The van der Waals surface area contributed by atoms with Crippen molar-refractivity contribution in [2.24, 2.45) is 5.14 Å². The Labute approximate surface area is 90.7 Å². The Bertz CT molecular complexity index is 288. The summed E-state index contributed by atoms with van der Waals surface area (Å²) >= 11 is 0. The molecule has 0 fully saturated rings. The third kappa shape index (κ3) is 11.3. The number of hydrogen-bond donors (Lipinski definition) is 3. The lowest BCUT2D eigenvalue weighted by molar-refractivity contribution is -0.121. The molecule has 0 aliphatic carbocycles. The fraction of sp³-hybridized carbons (Fsp3) is 0.875. The van der Waals surface area contributed by atoms with Gasteiger partial charge in [-0.25, -0.2) is 13.6 Å². The molecule has 0 aromatic carbocycles. The normalized spacial score (nSPS) is 11.7. The Morgan fingerprint density at radius 2 is 1.93 bits per heavy atom. The molecule has 0 unspecified atom stereocenters. The monoisotopic (exact) mass is 237 g/mol. The van der Waals surface area contributed by atoms with E-state index < -0.39 is 10.0 Å². The number of nitrogens with two attached hydrogens (primary N) is 1. The molecule has 0 aromatic rings. The van der Waals surface area contributed by atoms with Crippen LogP contribution in [0, 0.1) is 0 Å². The molecule has 4 N–H and O–H groups in total. The summed E-state index contributed by atoms with van der Waals surface area (Å²) in [6.07, 6.45) is 0.336. The summed E-state index contributed by atoms with van der Waals surface area (Å²) in [5.74, 6) is -0.160. The lowest BCUT2D eigenvalue weighted by atomic mass is 10.3. The fourth-order valence-electron chi connectivity index (χ4n) is 0.935. The van der Waals surface area contributed by atoms with Gasteiger partial charge in [0.1, 0.15) is 0 Å². The number of rotatable bonds is 7. The first-order valence-electron chi connectivity index (χ1n) is 4.82. The van der Waals surface area contributed by atoms with Crippen molar-refractivity contribution < 1.29 is 13.2 Å². The topological polar surface area (TPSA) is 101 Å². The lowest BCUT2D eigenvalue weighted by Crippen LogP contribution is -2.34. The molecule has 0 aromatic heterocycles. The van der Waals surface area contributed by atoms with Gasteiger partial charge < -0.3 is 10.6 Å². The molecule has 0 bridgehead atoms. The van der Waals surface area contributed by atoms with E-state index in [1.54, 1.807) is 0 Å². The summed E-state index contributed by atoms with van der Waals surface area (Å²) in [7, 11) is -3.41. The number of amides is 1. The van der Waals surface area contributed by atoms with Crippen LogP contribution in [0.15, 0.2) is 0 Å². The van der Waals surface area contributed by atoms with E-state index in [0.717, 1.165) is 0 Å². The zero-order chi connectivity index (χ0) is 11.9. The highest BCUT2D eigenvalue weighted by Gasteiger charge is 2.04. The largest absolute Gasteiger partial charge is 0.354 e. The van der Waals surface area contributed by atoms with Crippen LogP contribution >= 0.6 is 0 Å². The van der Waals surface area contributed by atoms with Gasteiger partial charge in [-0.2, -0.15) is 0 Å². The number of sulfonamides is 1. The Morgan fingerprint density at radius 1 is 1.33 bits per heavy atom. The molecule has 0 spiro atoms. The molecule has 90 valence electrons. The highest BCUT2D eigenvalue weighted by Crippen LogP contribution is 1.82. The lowest BCUT2D eigenvalue weighted by Gasteiger charge is -2.08. The van der Waals surface area contributed by atoms with E-state index in [2.05, 4.69) is 10.6 Å². The van der Waals surface area contributed by atoms with Gasteiger partial charge in [0.15, 0.2) is 0 Å². The molecule has 0 rings (SSSR count). The average molecular weight is 237 g/mol. The van der Waals surface area contributed by atoms with Crippen molar-refractivity contribution in [3.05, 3.63) is 0 Å². The summed E-state index contributed by atoms with van der Waals surface area (Å²) in [4.78, 5) is 11.1. The van der Waals surface area contributed by atoms with Gasteiger partial charge in [0.25, 0.3) is 0 Å². The van der Waals surface area contributed by atoms with Gasteiger partial charge in [-0.15, -0.1) is 0 Å². The predicted molar refractivity (Wildman–Crippen MR) is 58.7 cm³/mol. The van der Waals surface area contributed by atoms with Gasteiger partial charge >= 0.3 is 0 Å². The van der Waals surface area contributed by atoms with E-state index in [1.165, 1.54) is 0 Å². The van der Waals surface area contributed by atoms with E-state index in [-0.39, 0.29) is 24.2 Å². The summed E-state index contributed by atoms with van der Waals surface area (Å²) in [5, 5.41) is 10.4. The van der Waals surface area contributed by atoms with Crippen molar-refractivity contribution in [3.8, 4) is 0 Å². The van der Waals surface area contributed by atoms with Crippen molar-refractivity contribution in [2.45, 2.75) is 26.3 Å². The predicted octanol–water partition coefficient (Wildman–Crippen LogP) is -1.22. The van der Waals surface area contributed by atoms with Crippen LogP contribution in [0.5, 0.6) is 0 Å². The van der Waals surface area contributed by atoms with Gasteiger partial charge in [-0.05, 0) is 13.8 Å². The van der Waals surface area contributed by atoms with Crippen LogP contribution < -0.4 is 15.8 Å². The SMILES string of the molecule is CC(C)NC(=O)CCNCCS(N)(=O)=O. The third-order valence-corrected chi connectivity index (χ3v) is 2.32. The maximum atomic E-state index is 11.1. The van der Waals surface area contributed by atoms with Crippen LogP contribution in [0.25, 0.3) is 0 Å². The molecule has 0 aliphatic heterocycles. The van der Waals surface area contributed by atoms with Gasteiger partial charge in [0.2, 0.25) is 15.9 Å². The molecule has 0 atom stereocenters. The van der Waals surface area contributed by atoms with Gasteiger partial charge in [0.05, 0.1) is 5.75 Å². The molecular formula is C8H19N3O3S. The molecule has 0 saturated heterocycles. The molecular weight excluding hydrogens is 218 g/mol. The second-order valence-corrected chi connectivity index (χ2v) is 5.32. The first-order chi connectivity index (χ1) is 6.81. The van der Waals surface area contributed by atoms with Crippen molar-refractivity contribution in [3.63, 3.8) is 0 Å². The van der Waals surface area contributed by atoms with Crippen LogP contribution in [0.1, 0.15) is 20.3 Å². The number of hydrogen-bond acceptors (Lipinski definition) is 4. The quantitative estimate of drug-likeness (QED) is 0.483.